The number of hydrogen-bond acceptors (Lipinski definition) is 7. The van der Waals surface area contributed by atoms with Crippen molar-refractivity contribution in [3.05, 3.63) is 76.5 Å². The van der Waals surface area contributed by atoms with E-state index in [2.05, 4.69) is 5.32 Å². The normalized spacial score (nSPS) is 10.6. The van der Waals surface area contributed by atoms with E-state index in [0.717, 1.165) is 0 Å². The van der Waals surface area contributed by atoms with Crippen molar-refractivity contribution >= 4 is 22.6 Å². The number of benzene rings is 3. The maximum absolute atomic E-state index is 12.7. The number of methoxy groups -OCH3 is 3. The van der Waals surface area contributed by atoms with Crippen LogP contribution in [0.25, 0.3) is 22.3 Å². The third-order valence-electron chi connectivity index (χ3n) is 5.12. The van der Waals surface area contributed by atoms with Gasteiger partial charge >= 0.3 is 0 Å². The predicted molar refractivity (Wildman–Crippen MR) is 124 cm³/mol. The number of carbonyl (C=O) groups is 1. The fourth-order valence-corrected chi connectivity index (χ4v) is 3.50. The zero-order valence-electron chi connectivity index (χ0n) is 18.2. The topological polar surface area (TPSA) is 107 Å². The van der Waals surface area contributed by atoms with Gasteiger partial charge in [0, 0.05) is 23.4 Å². The number of amides is 1. The molecule has 3 aromatic carbocycles. The molecular weight excluding hydrogens is 426 g/mol. The first-order valence-electron chi connectivity index (χ1n) is 9.93. The average molecular weight is 447 g/mol. The second-order valence-corrected chi connectivity index (χ2v) is 7.04. The van der Waals surface area contributed by atoms with Crippen LogP contribution >= 0.6 is 0 Å². The van der Waals surface area contributed by atoms with E-state index in [4.69, 9.17) is 18.6 Å². The highest BCUT2D eigenvalue weighted by Crippen LogP contribution is 2.42. The second kappa shape index (κ2) is 8.96. The average Bonchev–Trinajstić information content (AvgIpc) is 2.83. The van der Waals surface area contributed by atoms with Crippen molar-refractivity contribution in [3.8, 4) is 34.3 Å². The van der Waals surface area contributed by atoms with E-state index in [1.807, 2.05) is 0 Å². The summed E-state index contributed by atoms with van der Waals surface area (Å²) in [4.78, 5) is 25.3. The Morgan fingerprint density at radius 1 is 0.909 bits per heavy atom. The standard InChI is InChI=1S/C25H21NO7/c1-30-18-7-5-4-6-16(18)25(29)26-15-10-8-14(9-11-15)19-12-17(27)22-20(33-19)13-21(31-2)24(32-3)23(22)28/h4-13,28H,1-3H3,(H,26,29). The molecule has 0 radical (unpaired) electrons. The van der Waals surface area contributed by atoms with Gasteiger partial charge in [0.1, 0.15) is 22.5 Å². The molecule has 0 atom stereocenters. The van der Waals surface area contributed by atoms with Crippen molar-refractivity contribution in [2.75, 3.05) is 26.6 Å². The minimum absolute atomic E-state index is 0.00269. The second-order valence-electron chi connectivity index (χ2n) is 7.04. The Morgan fingerprint density at radius 3 is 2.27 bits per heavy atom. The van der Waals surface area contributed by atoms with Gasteiger partial charge in [-0.2, -0.15) is 0 Å². The summed E-state index contributed by atoms with van der Waals surface area (Å²) in [6.45, 7) is 0. The van der Waals surface area contributed by atoms with E-state index in [1.54, 1.807) is 48.5 Å². The predicted octanol–water partition coefficient (Wildman–Crippen LogP) is 4.44. The van der Waals surface area contributed by atoms with Crippen LogP contribution < -0.4 is 25.0 Å². The summed E-state index contributed by atoms with van der Waals surface area (Å²) in [7, 11) is 4.29. The Kier molecular flexibility index (Phi) is 5.91. The Bertz CT molecular complexity index is 1390. The van der Waals surface area contributed by atoms with Crippen LogP contribution in [0.2, 0.25) is 0 Å². The number of aromatic hydroxyl groups is 1. The summed E-state index contributed by atoms with van der Waals surface area (Å²) in [5.41, 5.74) is 1.30. The summed E-state index contributed by atoms with van der Waals surface area (Å²) in [5.74, 6) is 0.398. The molecule has 1 aromatic heterocycles. The van der Waals surface area contributed by atoms with Gasteiger partial charge in [-0.25, -0.2) is 0 Å². The van der Waals surface area contributed by atoms with Gasteiger partial charge in [0.25, 0.3) is 5.91 Å². The number of ether oxygens (including phenoxy) is 3. The lowest BCUT2D eigenvalue weighted by molar-refractivity contribution is 0.102. The molecule has 0 unspecified atom stereocenters. The molecule has 0 aliphatic heterocycles. The smallest absolute Gasteiger partial charge is 0.259 e. The van der Waals surface area contributed by atoms with E-state index in [1.165, 1.54) is 33.5 Å². The minimum Gasteiger partial charge on any atom is -0.504 e. The molecule has 0 saturated carbocycles. The van der Waals surface area contributed by atoms with Crippen LogP contribution in [0.5, 0.6) is 23.0 Å². The number of rotatable bonds is 6. The molecule has 0 aliphatic rings. The van der Waals surface area contributed by atoms with Gasteiger partial charge in [0.05, 0.1) is 26.9 Å². The van der Waals surface area contributed by atoms with Gasteiger partial charge in [-0.05, 0) is 36.4 Å². The number of para-hydroxylation sites is 1. The van der Waals surface area contributed by atoms with Crippen LogP contribution in [0.3, 0.4) is 0 Å². The number of phenolic OH excluding ortho intramolecular Hbond substituents is 1. The first-order chi connectivity index (χ1) is 16.0. The van der Waals surface area contributed by atoms with Crippen molar-refractivity contribution < 1.29 is 28.5 Å². The lowest BCUT2D eigenvalue weighted by atomic mass is 10.1. The maximum atomic E-state index is 12.7. The van der Waals surface area contributed by atoms with Gasteiger partial charge in [-0.15, -0.1) is 0 Å². The van der Waals surface area contributed by atoms with E-state index >= 15 is 0 Å². The minimum atomic E-state index is -0.432. The molecule has 8 nitrogen and oxygen atoms in total. The fraction of sp³-hybridized carbons (Fsp3) is 0.120. The van der Waals surface area contributed by atoms with Gasteiger partial charge < -0.3 is 29.1 Å². The molecule has 0 saturated heterocycles. The van der Waals surface area contributed by atoms with E-state index in [9.17, 15) is 14.7 Å². The molecule has 2 N–H and O–H groups in total. The highest BCUT2D eigenvalue weighted by molar-refractivity contribution is 6.06. The van der Waals surface area contributed by atoms with Crippen molar-refractivity contribution in [1.82, 2.24) is 0 Å². The first-order valence-corrected chi connectivity index (χ1v) is 9.93. The van der Waals surface area contributed by atoms with Crippen LogP contribution in [0, 0.1) is 0 Å². The number of anilines is 1. The van der Waals surface area contributed by atoms with Crippen molar-refractivity contribution in [2.24, 2.45) is 0 Å². The third-order valence-corrected chi connectivity index (χ3v) is 5.12. The van der Waals surface area contributed by atoms with Gasteiger partial charge in [0.15, 0.2) is 16.9 Å². The molecule has 0 spiro atoms. The highest BCUT2D eigenvalue weighted by atomic mass is 16.5. The number of hydrogen-bond donors (Lipinski definition) is 2. The molecular formula is C25H21NO7. The SMILES string of the molecule is COc1ccccc1C(=O)Nc1ccc(-c2cc(=O)c3c(O)c(OC)c(OC)cc3o2)cc1. The van der Waals surface area contributed by atoms with Crippen LogP contribution in [0.15, 0.2) is 69.9 Å². The summed E-state index contributed by atoms with van der Waals surface area (Å²) in [6, 6.07) is 16.5. The van der Waals surface area contributed by atoms with Gasteiger partial charge in [0.2, 0.25) is 5.75 Å². The zero-order chi connectivity index (χ0) is 23.5. The largest absolute Gasteiger partial charge is 0.504 e. The number of nitrogens with one attached hydrogen (secondary N) is 1. The number of phenols is 1. The summed E-state index contributed by atoms with van der Waals surface area (Å²) < 4.78 is 21.5. The van der Waals surface area contributed by atoms with Gasteiger partial charge in [-0.1, -0.05) is 12.1 Å². The fourth-order valence-electron chi connectivity index (χ4n) is 3.50. The Balaban J connectivity index is 1.65. The van der Waals surface area contributed by atoms with Crippen LogP contribution in [0.4, 0.5) is 5.69 Å². The van der Waals surface area contributed by atoms with Crippen molar-refractivity contribution in [2.45, 2.75) is 0 Å². The first kappa shape index (κ1) is 21.8. The Morgan fingerprint density at radius 2 is 1.61 bits per heavy atom. The molecule has 4 rings (SSSR count). The lowest BCUT2D eigenvalue weighted by Gasteiger charge is -2.12. The maximum Gasteiger partial charge on any atom is 0.259 e. The zero-order valence-corrected chi connectivity index (χ0v) is 18.2. The van der Waals surface area contributed by atoms with E-state index in [0.29, 0.717) is 28.3 Å². The molecule has 1 heterocycles. The van der Waals surface area contributed by atoms with Crippen molar-refractivity contribution in [3.63, 3.8) is 0 Å². The summed E-state index contributed by atoms with van der Waals surface area (Å²) >= 11 is 0. The highest BCUT2D eigenvalue weighted by Gasteiger charge is 2.19. The third kappa shape index (κ3) is 4.06. The quantitative estimate of drug-likeness (QED) is 0.450. The van der Waals surface area contributed by atoms with Gasteiger partial charge in [-0.3, -0.25) is 9.59 Å². The Hall–Kier alpha value is -4.46. The van der Waals surface area contributed by atoms with E-state index in [-0.39, 0.29) is 34.1 Å². The molecule has 0 bridgehead atoms. The van der Waals surface area contributed by atoms with Crippen LogP contribution in [-0.2, 0) is 0 Å². The summed E-state index contributed by atoms with van der Waals surface area (Å²) in [6.07, 6.45) is 0. The molecule has 1 amide bonds. The van der Waals surface area contributed by atoms with Crippen LogP contribution in [0.1, 0.15) is 10.4 Å². The monoisotopic (exact) mass is 447 g/mol. The molecule has 4 aromatic rings. The molecule has 33 heavy (non-hydrogen) atoms. The molecule has 168 valence electrons. The van der Waals surface area contributed by atoms with Crippen molar-refractivity contribution in [1.29, 1.82) is 0 Å². The van der Waals surface area contributed by atoms with E-state index < -0.39 is 5.43 Å². The molecule has 0 aliphatic carbocycles. The summed E-state index contributed by atoms with van der Waals surface area (Å²) in [5, 5.41) is 13.3. The lowest BCUT2D eigenvalue weighted by Crippen LogP contribution is -2.13. The van der Waals surface area contributed by atoms with Crippen LogP contribution in [-0.4, -0.2) is 32.3 Å². The Labute approximate surface area is 188 Å². The molecule has 0 fully saturated rings. The number of carbonyl (C=O) groups excluding carboxylic acids is 1. The molecule has 8 heteroatoms. The number of fused-ring (bicyclic) bond motifs is 1.